The van der Waals surface area contributed by atoms with E-state index in [4.69, 9.17) is 0 Å². The van der Waals surface area contributed by atoms with E-state index in [0.29, 0.717) is 11.7 Å². The Labute approximate surface area is 111 Å². The van der Waals surface area contributed by atoms with Crippen LogP contribution in [0.2, 0.25) is 0 Å². The monoisotopic (exact) mass is 249 g/mol. The normalized spacial score (nSPS) is 35.4. The van der Waals surface area contributed by atoms with Crippen molar-refractivity contribution < 1.29 is 4.79 Å². The molecule has 0 heterocycles. The summed E-state index contributed by atoms with van der Waals surface area (Å²) in [5, 5.41) is 3.35. The van der Waals surface area contributed by atoms with Gasteiger partial charge in [-0.05, 0) is 30.6 Å². The molecule has 0 saturated heterocycles. The molecule has 2 nitrogen and oxygen atoms in total. The number of carbonyl (C=O) groups excluding carboxylic acids is 1. The molecule has 0 amide bonds. The van der Waals surface area contributed by atoms with Crippen LogP contribution in [0, 0.1) is 16.7 Å². The zero-order valence-electron chi connectivity index (χ0n) is 12.3. The minimum atomic E-state index is -0.116. The van der Waals surface area contributed by atoms with E-state index < -0.39 is 0 Å². The van der Waals surface area contributed by atoms with Gasteiger partial charge in [-0.25, -0.2) is 0 Å². The summed E-state index contributed by atoms with van der Waals surface area (Å²) in [5.41, 5.74) is 1.08. The summed E-state index contributed by atoms with van der Waals surface area (Å²) in [5.74, 6) is 0.861. The molecule has 2 bridgehead atoms. The molecule has 0 aromatic carbocycles. The van der Waals surface area contributed by atoms with Gasteiger partial charge in [0.2, 0.25) is 0 Å². The first kappa shape index (κ1) is 13.6. The molecule has 102 valence electrons. The number of unbranched alkanes of at least 4 members (excludes halogenated alkanes) is 2. The molecule has 2 aliphatic rings. The van der Waals surface area contributed by atoms with Crippen molar-refractivity contribution in [2.45, 2.75) is 59.8 Å². The maximum absolute atomic E-state index is 12.5. The van der Waals surface area contributed by atoms with Gasteiger partial charge in [0.15, 0.2) is 5.78 Å². The third-order valence-electron chi connectivity index (χ3n) is 5.55. The van der Waals surface area contributed by atoms with E-state index in [1.165, 1.54) is 25.7 Å². The fourth-order valence-electron chi connectivity index (χ4n) is 3.75. The highest BCUT2D eigenvalue weighted by molar-refractivity contribution is 6.04. The summed E-state index contributed by atoms with van der Waals surface area (Å²) in [7, 11) is 0. The zero-order valence-corrected chi connectivity index (χ0v) is 12.3. The van der Waals surface area contributed by atoms with Gasteiger partial charge in [0.05, 0.1) is 0 Å². The SMILES string of the molecule is CCCCCN/C=C1/C(=O)C2(C)CCC1C2(C)C. The Morgan fingerprint density at radius 2 is 2.06 bits per heavy atom. The minimum Gasteiger partial charge on any atom is -0.391 e. The van der Waals surface area contributed by atoms with Crippen LogP contribution in [-0.2, 0) is 4.79 Å². The second-order valence-electron chi connectivity index (χ2n) is 6.74. The van der Waals surface area contributed by atoms with Crippen LogP contribution < -0.4 is 5.32 Å². The first-order chi connectivity index (χ1) is 8.45. The van der Waals surface area contributed by atoms with Crippen LogP contribution in [0.5, 0.6) is 0 Å². The number of carbonyl (C=O) groups is 1. The van der Waals surface area contributed by atoms with Crippen LogP contribution in [-0.4, -0.2) is 12.3 Å². The van der Waals surface area contributed by atoms with Crippen molar-refractivity contribution in [2.24, 2.45) is 16.7 Å². The molecule has 0 aromatic rings. The summed E-state index contributed by atoms with van der Waals surface area (Å²) >= 11 is 0. The van der Waals surface area contributed by atoms with E-state index in [1.54, 1.807) is 0 Å². The van der Waals surface area contributed by atoms with E-state index in [9.17, 15) is 4.79 Å². The lowest BCUT2D eigenvalue weighted by Gasteiger charge is -2.31. The largest absolute Gasteiger partial charge is 0.391 e. The molecule has 2 saturated carbocycles. The molecular weight excluding hydrogens is 222 g/mol. The van der Waals surface area contributed by atoms with Gasteiger partial charge in [-0.1, -0.05) is 40.5 Å². The molecule has 2 heteroatoms. The molecule has 2 fully saturated rings. The van der Waals surface area contributed by atoms with Crippen LogP contribution in [0.15, 0.2) is 11.8 Å². The Balaban J connectivity index is 2.03. The second-order valence-corrected chi connectivity index (χ2v) is 6.74. The van der Waals surface area contributed by atoms with Crippen LogP contribution in [0.3, 0.4) is 0 Å². The van der Waals surface area contributed by atoms with E-state index >= 15 is 0 Å². The molecule has 0 aliphatic heterocycles. The van der Waals surface area contributed by atoms with Gasteiger partial charge in [0, 0.05) is 23.7 Å². The van der Waals surface area contributed by atoms with Gasteiger partial charge in [-0.3, -0.25) is 4.79 Å². The predicted octanol–water partition coefficient (Wildman–Crippen LogP) is 3.68. The number of hydrogen-bond donors (Lipinski definition) is 1. The van der Waals surface area contributed by atoms with Crippen molar-refractivity contribution in [1.29, 1.82) is 0 Å². The van der Waals surface area contributed by atoms with Crippen LogP contribution >= 0.6 is 0 Å². The van der Waals surface area contributed by atoms with Gasteiger partial charge in [-0.15, -0.1) is 0 Å². The van der Waals surface area contributed by atoms with E-state index in [2.05, 4.69) is 33.0 Å². The molecule has 2 aliphatic carbocycles. The highest BCUT2D eigenvalue weighted by Crippen LogP contribution is 2.65. The maximum Gasteiger partial charge on any atom is 0.167 e. The molecule has 18 heavy (non-hydrogen) atoms. The Kier molecular flexibility index (Phi) is 3.57. The third-order valence-corrected chi connectivity index (χ3v) is 5.55. The van der Waals surface area contributed by atoms with Gasteiger partial charge < -0.3 is 5.32 Å². The summed E-state index contributed by atoms with van der Waals surface area (Å²) < 4.78 is 0. The van der Waals surface area contributed by atoms with E-state index in [1.807, 2.05) is 6.20 Å². The lowest BCUT2D eigenvalue weighted by atomic mass is 9.70. The van der Waals surface area contributed by atoms with Gasteiger partial charge in [-0.2, -0.15) is 0 Å². The first-order valence-corrected chi connectivity index (χ1v) is 7.43. The Hall–Kier alpha value is -0.790. The topological polar surface area (TPSA) is 29.1 Å². The van der Waals surface area contributed by atoms with Crippen molar-refractivity contribution in [2.75, 3.05) is 6.54 Å². The summed E-state index contributed by atoms with van der Waals surface area (Å²) in [4.78, 5) is 12.5. The standard InChI is InChI=1S/C16H27NO/c1-5-6-7-10-17-11-12-13-8-9-16(4,14(12)18)15(13,2)3/h11,13,17H,5-10H2,1-4H3/b12-11+. The van der Waals surface area contributed by atoms with Crippen molar-refractivity contribution >= 4 is 5.78 Å². The zero-order chi connectivity index (χ0) is 13.4. The quantitative estimate of drug-likeness (QED) is 0.595. The number of Topliss-reactive ketones (excluding diaryl/α,β-unsaturated/α-hetero) is 1. The van der Waals surface area contributed by atoms with E-state index in [0.717, 1.165) is 18.5 Å². The van der Waals surface area contributed by atoms with E-state index in [-0.39, 0.29) is 10.8 Å². The summed E-state index contributed by atoms with van der Waals surface area (Å²) in [6.45, 7) is 9.89. The number of fused-ring (bicyclic) bond motifs is 2. The fourth-order valence-corrected chi connectivity index (χ4v) is 3.75. The average Bonchev–Trinajstić information content (AvgIpc) is 2.63. The molecule has 0 radical (unpaired) electrons. The Bertz CT molecular complexity index is 369. The highest BCUT2D eigenvalue weighted by Gasteiger charge is 2.63. The van der Waals surface area contributed by atoms with Gasteiger partial charge in [0.1, 0.15) is 0 Å². The number of rotatable bonds is 5. The number of hydrogen-bond acceptors (Lipinski definition) is 2. The smallest absolute Gasteiger partial charge is 0.167 e. The van der Waals surface area contributed by atoms with Crippen molar-refractivity contribution in [3.63, 3.8) is 0 Å². The maximum atomic E-state index is 12.5. The van der Waals surface area contributed by atoms with Gasteiger partial charge >= 0.3 is 0 Å². The molecular formula is C16H27NO. The number of allylic oxidation sites excluding steroid dienone is 1. The van der Waals surface area contributed by atoms with Gasteiger partial charge in [0.25, 0.3) is 0 Å². The third kappa shape index (κ3) is 1.81. The number of nitrogens with one attached hydrogen (secondary N) is 1. The highest BCUT2D eigenvalue weighted by atomic mass is 16.1. The van der Waals surface area contributed by atoms with Crippen LogP contribution in [0.1, 0.15) is 59.8 Å². The van der Waals surface area contributed by atoms with Crippen molar-refractivity contribution in [3.05, 3.63) is 11.8 Å². The molecule has 2 rings (SSSR count). The summed E-state index contributed by atoms with van der Waals surface area (Å²) in [6.07, 6.45) is 7.96. The predicted molar refractivity (Wildman–Crippen MR) is 75.2 cm³/mol. The minimum absolute atomic E-state index is 0.116. The van der Waals surface area contributed by atoms with Crippen LogP contribution in [0.25, 0.3) is 0 Å². The van der Waals surface area contributed by atoms with Crippen LogP contribution in [0.4, 0.5) is 0 Å². The number of ketones is 1. The lowest BCUT2D eigenvalue weighted by molar-refractivity contribution is -0.125. The average molecular weight is 249 g/mol. The van der Waals surface area contributed by atoms with Crippen molar-refractivity contribution in [1.82, 2.24) is 5.32 Å². The van der Waals surface area contributed by atoms with Crippen molar-refractivity contribution in [3.8, 4) is 0 Å². The molecule has 0 aromatic heterocycles. The Morgan fingerprint density at radius 3 is 2.61 bits per heavy atom. The second kappa shape index (κ2) is 4.71. The molecule has 1 N–H and O–H groups in total. The Morgan fingerprint density at radius 1 is 1.33 bits per heavy atom. The molecule has 0 spiro atoms. The molecule has 2 unspecified atom stereocenters. The lowest BCUT2D eigenvalue weighted by Crippen LogP contribution is -2.32. The summed E-state index contributed by atoms with van der Waals surface area (Å²) in [6, 6.07) is 0. The fraction of sp³-hybridized carbons (Fsp3) is 0.812. The first-order valence-electron chi connectivity index (χ1n) is 7.43. The molecule has 2 atom stereocenters.